The molecule has 0 saturated carbocycles. The van der Waals surface area contributed by atoms with Gasteiger partial charge in [-0.2, -0.15) is 5.10 Å². The van der Waals surface area contributed by atoms with Gasteiger partial charge in [0, 0.05) is 23.9 Å². The van der Waals surface area contributed by atoms with Crippen molar-refractivity contribution in [2.45, 2.75) is 52.0 Å². The second-order valence-corrected chi connectivity index (χ2v) is 8.56. The number of carbonyl (C=O) groups is 2. The van der Waals surface area contributed by atoms with E-state index in [9.17, 15) is 9.59 Å². The zero-order valence-electron chi connectivity index (χ0n) is 15.5. The molecule has 0 radical (unpaired) electrons. The van der Waals surface area contributed by atoms with Gasteiger partial charge in [-0.1, -0.05) is 20.8 Å². The molecule has 1 fully saturated rings. The second kappa shape index (κ2) is 6.83. The molecule has 7 nitrogen and oxygen atoms in total. The average molecular weight is 376 g/mol. The van der Waals surface area contributed by atoms with Crippen LogP contribution in [-0.4, -0.2) is 49.7 Å². The number of likely N-dealkylation sites (tertiary alicyclic amines) is 1. The van der Waals surface area contributed by atoms with Crippen LogP contribution in [0.4, 0.5) is 0 Å². The molecule has 140 valence electrons. The van der Waals surface area contributed by atoms with E-state index in [1.54, 1.807) is 11.6 Å². The molecule has 0 aromatic carbocycles. The second-order valence-electron chi connectivity index (χ2n) is 7.70. The monoisotopic (exact) mass is 376 g/mol. The number of aromatic nitrogens is 3. The third kappa shape index (κ3) is 3.51. The van der Waals surface area contributed by atoms with E-state index in [-0.39, 0.29) is 22.9 Å². The van der Waals surface area contributed by atoms with Gasteiger partial charge in [0.25, 0.3) is 5.91 Å². The average Bonchev–Trinajstić information content (AvgIpc) is 3.21. The predicted octanol–water partition coefficient (Wildman–Crippen LogP) is 3.12. The molecule has 2 aromatic rings. The summed E-state index contributed by atoms with van der Waals surface area (Å²) in [6.45, 7) is 9.27. The smallest absolute Gasteiger partial charge is 0.339 e. The van der Waals surface area contributed by atoms with Crippen LogP contribution in [0.3, 0.4) is 0 Å². The molecule has 1 saturated heterocycles. The van der Waals surface area contributed by atoms with Crippen molar-refractivity contribution in [1.29, 1.82) is 0 Å². The third-order valence-electron chi connectivity index (χ3n) is 4.74. The molecule has 0 aliphatic carbocycles. The minimum atomic E-state index is -0.959. The Hall–Kier alpha value is -2.22. The maximum atomic E-state index is 12.7. The molecular formula is C18H24N4O3S. The van der Waals surface area contributed by atoms with Crippen molar-refractivity contribution >= 4 is 23.2 Å². The van der Waals surface area contributed by atoms with Gasteiger partial charge in [0.05, 0.1) is 22.9 Å². The van der Waals surface area contributed by atoms with E-state index < -0.39 is 5.97 Å². The van der Waals surface area contributed by atoms with Crippen molar-refractivity contribution in [3.8, 4) is 0 Å². The van der Waals surface area contributed by atoms with Crippen LogP contribution in [0.2, 0.25) is 0 Å². The van der Waals surface area contributed by atoms with Crippen molar-refractivity contribution in [2.24, 2.45) is 0 Å². The Labute approximate surface area is 156 Å². The van der Waals surface area contributed by atoms with Gasteiger partial charge in [0.2, 0.25) is 0 Å². The largest absolute Gasteiger partial charge is 0.478 e. The minimum Gasteiger partial charge on any atom is -0.478 e. The van der Waals surface area contributed by atoms with E-state index in [0.29, 0.717) is 24.5 Å². The van der Waals surface area contributed by atoms with Crippen molar-refractivity contribution in [3.05, 3.63) is 33.5 Å². The molecule has 0 atom stereocenters. The van der Waals surface area contributed by atoms with Crippen LogP contribution < -0.4 is 0 Å². The molecule has 1 aliphatic rings. The number of aromatic carboxylic acids is 1. The van der Waals surface area contributed by atoms with Crippen molar-refractivity contribution < 1.29 is 14.7 Å². The van der Waals surface area contributed by atoms with Crippen LogP contribution in [0.5, 0.6) is 0 Å². The summed E-state index contributed by atoms with van der Waals surface area (Å²) >= 11 is 1.53. The van der Waals surface area contributed by atoms with Crippen LogP contribution in [0.1, 0.15) is 71.2 Å². The van der Waals surface area contributed by atoms with E-state index in [1.807, 2.05) is 10.3 Å². The molecule has 0 unspecified atom stereocenters. The molecule has 26 heavy (non-hydrogen) atoms. The lowest BCUT2D eigenvalue weighted by Crippen LogP contribution is -2.39. The summed E-state index contributed by atoms with van der Waals surface area (Å²) in [6.07, 6.45) is 2.91. The minimum absolute atomic E-state index is 0.0291. The SMILES string of the molecule is Cc1c(C(=O)O)cnn1C1CCN(C(=O)c2csc(C(C)(C)C)n2)CC1. The summed E-state index contributed by atoms with van der Waals surface area (Å²) < 4.78 is 1.78. The molecule has 0 spiro atoms. The van der Waals surface area contributed by atoms with Crippen LogP contribution in [0, 0.1) is 6.92 Å². The summed E-state index contributed by atoms with van der Waals surface area (Å²) in [5.74, 6) is -0.988. The topological polar surface area (TPSA) is 88.3 Å². The number of carboxylic acids is 1. The molecular weight excluding hydrogens is 352 g/mol. The number of piperidine rings is 1. The van der Waals surface area contributed by atoms with Gasteiger partial charge in [-0.15, -0.1) is 11.3 Å². The van der Waals surface area contributed by atoms with Crippen LogP contribution in [0.15, 0.2) is 11.6 Å². The van der Waals surface area contributed by atoms with Crippen molar-refractivity contribution in [2.75, 3.05) is 13.1 Å². The number of carboxylic acid groups (broad SMARTS) is 1. The molecule has 2 aromatic heterocycles. The van der Waals surface area contributed by atoms with Gasteiger partial charge in [0.1, 0.15) is 11.3 Å². The molecule has 0 bridgehead atoms. The number of thiazole rings is 1. The Morgan fingerprint density at radius 3 is 2.42 bits per heavy atom. The first kappa shape index (κ1) is 18.6. The van der Waals surface area contributed by atoms with Gasteiger partial charge >= 0.3 is 5.97 Å². The first-order chi connectivity index (χ1) is 12.2. The highest BCUT2D eigenvalue weighted by molar-refractivity contribution is 7.10. The molecule has 3 rings (SSSR count). The fraction of sp³-hybridized carbons (Fsp3) is 0.556. The highest BCUT2D eigenvalue weighted by Gasteiger charge is 2.29. The van der Waals surface area contributed by atoms with Crippen LogP contribution in [-0.2, 0) is 5.41 Å². The number of nitrogens with zero attached hydrogens (tertiary/aromatic N) is 4. The van der Waals surface area contributed by atoms with Crippen LogP contribution >= 0.6 is 11.3 Å². The maximum absolute atomic E-state index is 12.7. The van der Waals surface area contributed by atoms with Crippen molar-refractivity contribution in [3.63, 3.8) is 0 Å². The summed E-state index contributed by atoms with van der Waals surface area (Å²) in [5.41, 5.74) is 1.36. The predicted molar refractivity (Wildman–Crippen MR) is 98.9 cm³/mol. The number of rotatable bonds is 3. The number of carbonyl (C=O) groups excluding carboxylic acids is 1. The number of hydrogen-bond donors (Lipinski definition) is 1. The first-order valence-corrected chi connectivity index (χ1v) is 9.59. The van der Waals surface area contributed by atoms with Gasteiger partial charge in [-0.05, 0) is 19.8 Å². The van der Waals surface area contributed by atoms with E-state index in [4.69, 9.17) is 5.11 Å². The lowest BCUT2D eigenvalue weighted by Gasteiger charge is -2.32. The zero-order valence-corrected chi connectivity index (χ0v) is 16.3. The Kier molecular flexibility index (Phi) is 4.88. The highest BCUT2D eigenvalue weighted by atomic mass is 32.1. The summed E-state index contributed by atoms with van der Waals surface area (Å²) in [7, 11) is 0. The number of amides is 1. The molecule has 1 aliphatic heterocycles. The fourth-order valence-corrected chi connectivity index (χ4v) is 4.07. The zero-order chi connectivity index (χ0) is 19.1. The van der Waals surface area contributed by atoms with E-state index in [2.05, 4.69) is 30.9 Å². The Morgan fingerprint density at radius 2 is 1.92 bits per heavy atom. The Morgan fingerprint density at radius 1 is 1.27 bits per heavy atom. The van der Waals surface area contributed by atoms with Crippen molar-refractivity contribution in [1.82, 2.24) is 19.7 Å². The lowest BCUT2D eigenvalue weighted by atomic mass is 9.98. The fourth-order valence-electron chi connectivity index (χ4n) is 3.19. The lowest BCUT2D eigenvalue weighted by molar-refractivity contribution is 0.0683. The van der Waals surface area contributed by atoms with E-state index in [0.717, 1.165) is 17.8 Å². The van der Waals surface area contributed by atoms with Gasteiger partial charge in [-0.25, -0.2) is 9.78 Å². The molecule has 1 amide bonds. The highest BCUT2D eigenvalue weighted by Crippen LogP contribution is 2.28. The molecule has 3 heterocycles. The molecule has 8 heteroatoms. The van der Waals surface area contributed by atoms with Gasteiger partial charge in [0.15, 0.2) is 0 Å². The quantitative estimate of drug-likeness (QED) is 0.889. The number of hydrogen-bond acceptors (Lipinski definition) is 5. The normalized spacial score (nSPS) is 16.1. The summed E-state index contributed by atoms with van der Waals surface area (Å²) in [5, 5.41) is 16.2. The van der Waals surface area contributed by atoms with Gasteiger partial charge in [-0.3, -0.25) is 9.48 Å². The third-order valence-corrected chi connectivity index (χ3v) is 6.01. The maximum Gasteiger partial charge on any atom is 0.339 e. The molecule has 1 N–H and O–H groups in total. The van der Waals surface area contributed by atoms with E-state index in [1.165, 1.54) is 17.5 Å². The van der Waals surface area contributed by atoms with Crippen LogP contribution in [0.25, 0.3) is 0 Å². The Balaban J connectivity index is 1.66. The summed E-state index contributed by atoms with van der Waals surface area (Å²) in [4.78, 5) is 30.2. The van der Waals surface area contributed by atoms with E-state index >= 15 is 0 Å². The Bertz CT molecular complexity index is 826. The first-order valence-electron chi connectivity index (χ1n) is 8.71. The van der Waals surface area contributed by atoms with Gasteiger partial charge < -0.3 is 10.0 Å². The summed E-state index contributed by atoms with van der Waals surface area (Å²) in [6, 6.07) is 0.118. The standard InChI is InChI=1S/C18H24N4O3S/c1-11-13(16(24)25)9-19-22(11)12-5-7-21(8-6-12)15(23)14-10-26-17(20-14)18(2,3)4/h9-10,12H,5-8H2,1-4H3,(H,24,25).